The lowest BCUT2D eigenvalue weighted by Gasteiger charge is -2.32. The number of aromatic nitrogens is 1. The summed E-state index contributed by atoms with van der Waals surface area (Å²) in [5.41, 5.74) is 2.58. The zero-order chi connectivity index (χ0) is 28.8. The maximum absolute atomic E-state index is 13.7. The van der Waals surface area contributed by atoms with Crippen molar-refractivity contribution in [1.82, 2.24) is 14.6 Å². The summed E-state index contributed by atoms with van der Waals surface area (Å²) in [4.78, 5) is 41.6. The molecule has 0 saturated carbocycles. The molecule has 4 rings (SSSR count). The van der Waals surface area contributed by atoms with Crippen molar-refractivity contribution < 1.29 is 32.3 Å². The predicted octanol–water partition coefficient (Wildman–Crippen LogP) is 3.91. The molecule has 3 aromatic rings. The highest BCUT2D eigenvalue weighted by Crippen LogP contribution is 2.36. The summed E-state index contributed by atoms with van der Waals surface area (Å²) in [6.45, 7) is -0.701. The molecule has 1 heterocycles. The highest BCUT2D eigenvalue weighted by molar-refractivity contribution is 7.91. The standard InChI is InChI=1S/C29H29N3O7S/c1-32(2)26(33)23-14-12-22(13-15-23)24-10-6-16-29(18-24,20-39-27(34)25-11-7-17-30-25)40(36,37)31-28(35)38-19-21-8-4-3-5-9-21/h3-17,30H,18-20H2,1-2H3,(H,31,35). The zero-order valence-corrected chi connectivity index (χ0v) is 22.8. The minimum absolute atomic E-state index is 0.121. The summed E-state index contributed by atoms with van der Waals surface area (Å²) in [6.07, 6.45) is 4.92. The molecule has 0 spiro atoms. The summed E-state index contributed by atoms with van der Waals surface area (Å²) in [5.74, 6) is -0.919. The summed E-state index contributed by atoms with van der Waals surface area (Å²) in [5, 5.41) is 0. The minimum atomic E-state index is -4.49. The number of esters is 1. The summed E-state index contributed by atoms with van der Waals surface area (Å²) in [7, 11) is -1.19. The first kappa shape index (κ1) is 28.4. The van der Waals surface area contributed by atoms with Crippen LogP contribution in [0.25, 0.3) is 5.57 Å². The summed E-state index contributed by atoms with van der Waals surface area (Å²) >= 11 is 0. The van der Waals surface area contributed by atoms with Crippen molar-refractivity contribution in [3.63, 3.8) is 0 Å². The number of rotatable bonds is 9. The predicted molar refractivity (Wildman–Crippen MR) is 149 cm³/mol. The smallest absolute Gasteiger partial charge is 0.421 e. The number of benzene rings is 2. The molecule has 1 aliphatic rings. The molecule has 10 nitrogen and oxygen atoms in total. The van der Waals surface area contributed by atoms with Crippen LogP contribution in [0.5, 0.6) is 0 Å². The van der Waals surface area contributed by atoms with E-state index in [1.165, 1.54) is 23.1 Å². The number of amides is 2. The number of carbonyl (C=O) groups is 3. The number of allylic oxidation sites excluding steroid dienone is 3. The second-order valence-corrected chi connectivity index (χ2v) is 11.4. The summed E-state index contributed by atoms with van der Waals surface area (Å²) in [6, 6.07) is 18.7. The minimum Gasteiger partial charge on any atom is -0.459 e. The molecule has 1 aromatic heterocycles. The normalized spacial score (nSPS) is 16.5. The summed E-state index contributed by atoms with van der Waals surface area (Å²) < 4.78 is 38.1. The molecule has 2 aromatic carbocycles. The second-order valence-electron chi connectivity index (χ2n) is 9.40. The van der Waals surface area contributed by atoms with Crippen molar-refractivity contribution in [3.05, 3.63) is 114 Å². The maximum atomic E-state index is 13.7. The SMILES string of the molecule is CN(C)C(=O)c1ccc(C2=CC=CC(COC(=O)c3ccc[nH]3)(S(=O)(=O)NC(=O)OCc3ccccc3)C2)cc1. The number of nitrogens with one attached hydrogen (secondary N) is 2. The fourth-order valence-electron chi connectivity index (χ4n) is 4.11. The molecular weight excluding hydrogens is 534 g/mol. The van der Waals surface area contributed by atoms with Crippen LogP contribution in [0.2, 0.25) is 0 Å². The Balaban J connectivity index is 1.57. The number of nitrogens with zero attached hydrogens (tertiary/aromatic N) is 1. The first-order valence-electron chi connectivity index (χ1n) is 12.3. The Morgan fingerprint density at radius 3 is 2.35 bits per heavy atom. The van der Waals surface area contributed by atoms with E-state index in [0.717, 1.165) is 0 Å². The van der Waals surface area contributed by atoms with Gasteiger partial charge in [0.05, 0.1) is 0 Å². The molecule has 0 radical (unpaired) electrons. The lowest BCUT2D eigenvalue weighted by atomic mass is 9.89. The molecular formula is C29H29N3O7S. The van der Waals surface area contributed by atoms with Gasteiger partial charge in [0.2, 0.25) is 0 Å². The number of aromatic amines is 1. The number of hydrogen-bond donors (Lipinski definition) is 2. The Labute approximate surface area is 232 Å². The topological polar surface area (TPSA) is 135 Å². The number of carbonyl (C=O) groups excluding carboxylic acids is 3. The van der Waals surface area contributed by atoms with E-state index >= 15 is 0 Å². The van der Waals surface area contributed by atoms with Gasteiger partial charge in [0.25, 0.3) is 15.9 Å². The maximum Gasteiger partial charge on any atom is 0.421 e. The van der Waals surface area contributed by atoms with Crippen LogP contribution in [-0.2, 0) is 26.1 Å². The number of ether oxygens (including phenoxy) is 2. The molecule has 2 N–H and O–H groups in total. The molecule has 1 unspecified atom stereocenters. The highest BCUT2D eigenvalue weighted by Gasteiger charge is 2.46. The second kappa shape index (κ2) is 12.0. The van der Waals surface area contributed by atoms with Gasteiger partial charge in [-0.15, -0.1) is 0 Å². The molecule has 1 atom stereocenters. The largest absolute Gasteiger partial charge is 0.459 e. The van der Waals surface area contributed by atoms with Crippen LogP contribution in [-0.4, -0.2) is 61.7 Å². The zero-order valence-electron chi connectivity index (χ0n) is 22.0. The molecule has 0 fully saturated rings. The molecule has 2 amide bonds. The third kappa shape index (κ3) is 6.49. The van der Waals surface area contributed by atoms with E-state index in [0.29, 0.717) is 22.3 Å². The molecule has 11 heteroatoms. The first-order valence-corrected chi connectivity index (χ1v) is 13.8. The van der Waals surface area contributed by atoms with Gasteiger partial charge in [0.15, 0.2) is 0 Å². The van der Waals surface area contributed by atoms with E-state index in [1.54, 1.807) is 87.0 Å². The van der Waals surface area contributed by atoms with Gasteiger partial charge in [-0.3, -0.25) is 4.79 Å². The van der Waals surface area contributed by atoms with Gasteiger partial charge in [-0.25, -0.2) is 22.7 Å². The molecule has 208 valence electrons. The first-order chi connectivity index (χ1) is 19.1. The molecule has 0 saturated heterocycles. The Kier molecular flexibility index (Phi) is 8.54. The van der Waals surface area contributed by atoms with Gasteiger partial charge in [0, 0.05) is 32.3 Å². The number of sulfonamides is 1. The van der Waals surface area contributed by atoms with Crippen molar-refractivity contribution in [2.75, 3.05) is 20.7 Å². The van der Waals surface area contributed by atoms with Gasteiger partial charge in [-0.2, -0.15) is 0 Å². The van der Waals surface area contributed by atoms with Gasteiger partial charge in [-0.1, -0.05) is 60.7 Å². The van der Waals surface area contributed by atoms with E-state index in [4.69, 9.17) is 9.47 Å². The Morgan fingerprint density at radius 2 is 1.70 bits per heavy atom. The Bertz CT molecular complexity index is 1530. The van der Waals surface area contributed by atoms with E-state index in [2.05, 4.69) is 4.98 Å². The van der Waals surface area contributed by atoms with E-state index in [9.17, 15) is 22.8 Å². The van der Waals surface area contributed by atoms with Crippen LogP contribution < -0.4 is 4.72 Å². The van der Waals surface area contributed by atoms with Crippen LogP contribution in [0.3, 0.4) is 0 Å². The van der Waals surface area contributed by atoms with Crippen molar-refractivity contribution >= 4 is 33.6 Å². The van der Waals surface area contributed by atoms with Crippen molar-refractivity contribution in [2.24, 2.45) is 0 Å². The third-order valence-electron chi connectivity index (χ3n) is 6.33. The third-order valence-corrected chi connectivity index (χ3v) is 8.23. The van der Waals surface area contributed by atoms with Gasteiger partial charge >= 0.3 is 12.1 Å². The van der Waals surface area contributed by atoms with Gasteiger partial charge < -0.3 is 19.4 Å². The molecule has 0 bridgehead atoms. The van der Waals surface area contributed by atoms with Crippen molar-refractivity contribution in [1.29, 1.82) is 0 Å². The van der Waals surface area contributed by atoms with E-state index in [-0.39, 0.29) is 24.6 Å². The van der Waals surface area contributed by atoms with Gasteiger partial charge in [0.1, 0.15) is 23.7 Å². The van der Waals surface area contributed by atoms with E-state index < -0.39 is 33.4 Å². The quantitative estimate of drug-likeness (QED) is 0.377. The Hall–Kier alpha value is -4.64. The molecule has 1 aliphatic carbocycles. The van der Waals surface area contributed by atoms with Crippen LogP contribution in [0.1, 0.15) is 38.4 Å². The van der Waals surface area contributed by atoms with Crippen molar-refractivity contribution in [2.45, 2.75) is 17.8 Å². The highest BCUT2D eigenvalue weighted by atomic mass is 32.2. The van der Waals surface area contributed by atoms with E-state index in [1.807, 2.05) is 4.72 Å². The van der Waals surface area contributed by atoms with Crippen LogP contribution in [0, 0.1) is 0 Å². The molecule has 0 aliphatic heterocycles. The van der Waals surface area contributed by atoms with Crippen molar-refractivity contribution in [3.8, 4) is 0 Å². The lowest BCUT2D eigenvalue weighted by molar-refractivity contribution is 0.0473. The Morgan fingerprint density at radius 1 is 0.975 bits per heavy atom. The fraction of sp³-hybridized carbons (Fsp3) is 0.207. The van der Waals surface area contributed by atoms with Crippen LogP contribution in [0.4, 0.5) is 4.79 Å². The van der Waals surface area contributed by atoms with Gasteiger partial charge in [-0.05, 0) is 41.0 Å². The van der Waals surface area contributed by atoms with Crippen LogP contribution in [0.15, 0.2) is 91.2 Å². The average molecular weight is 564 g/mol. The van der Waals surface area contributed by atoms with Crippen LogP contribution >= 0.6 is 0 Å². The fourth-order valence-corrected chi connectivity index (χ4v) is 5.41. The molecule has 40 heavy (non-hydrogen) atoms. The number of H-pyrrole nitrogens is 1. The monoisotopic (exact) mass is 563 g/mol. The number of hydrogen-bond acceptors (Lipinski definition) is 7. The average Bonchev–Trinajstić information content (AvgIpc) is 3.50. The lowest BCUT2D eigenvalue weighted by Crippen LogP contribution is -2.51.